The highest BCUT2D eigenvalue weighted by molar-refractivity contribution is 7.13. The first-order valence-corrected chi connectivity index (χ1v) is 16.9. The minimum absolute atomic E-state index is 0.0909. The Labute approximate surface area is 281 Å². The molecule has 1 aliphatic rings. The number of rotatable bonds is 13. The fraction of sp³-hybridized carbons (Fsp3) is 0.500. The zero-order valence-corrected chi connectivity index (χ0v) is 28.1. The SMILES string of the molecule is CC(C)C[C@@H]1CN(C(=O)[C@H](N)Cc2ccc(Cl)cc2Cl)[C@@H](CCCNc2nncs2)CN1C(=O)CCc1ccc(C(F)(F)F)cc1. The molecule has 4 rings (SSSR count). The van der Waals surface area contributed by atoms with E-state index in [4.69, 9.17) is 28.9 Å². The highest BCUT2D eigenvalue weighted by Crippen LogP contribution is 2.30. The normalized spacial score (nSPS) is 17.8. The van der Waals surface area contributed by atoms with Crippen molar-refractivity contribution in [3.8, 4) is 0 Å². The second-order valence-corrected chi connectivity index (χ2v) is 13.7. The van der Waals surface area contributed by atoms with Crippen LogP contribution < -0.4 is 11.1 Å². The molecule has 14 heteroatoms. The van der Waals surface area contributed by atoms with E-state index in [1.165, 1.54) is 23.5 Å². The number of nitrogens with one attached hydrogen (secondary N) is 1. The van der Waals surface area contributed by atoms with Crippen molar-refractivity contribution < 1.29 is 22.8 Å². The van der Waals surface area contributed by atoms with Crippen LogP contribution in [0.5, 0.6) is 0 Å². The Bertz CT molecular complexity index is 1440. The van der Waals surface area contributed by atoms with Gasteiger partial charge in [-0.3, -0.25) is 9.59 Å². The summed E-state index contributed by atoms with van der Waals surface area (Å²) in [6.45, 7) is 5.41. The minimum atomic E-state index is -4.42. The maximum atomic E-state index is 13.9. The summed E-state index contributed by atoms with van der Waals surface area (Å²) < 4.78 is 39.0. The quantitative estimate of drug-likeness (QED) is 0.192. The molecule has 250 valence electrons. The summed E-state index contributed by atoms with van der Waals surface area (Å²) in [5.74, 6) is -0.0491. The molecule has 2 aromatic carbocycles. The number of carbonyl (C=O) groups excluding carboxylic acids is 2. The summed E-state index contributed by atoms with van der Waals surface area (Å²) in [7, 11) is 0. The predicted molar refractivity (Wildman–Crippen MR) is 176 cm³/mol. The number of carbonyl (C=O) groups is 2. The summed E-state index contributed by atoms with van der Waals surface area (Å²) >= 11 is 13.8. The molecule has 3 aromatic rings. The summed E-state index contributed by atoms with van der Waals surface area (Å²) in [4.78, 5) is 31.3. The number of aryl methyl sites for hydroxylation is 1. The van der Waals surface area contributed by atoms with E-state index >= 15 is 0 Å². The largest absolute Gasteiger partial charge is 0.416 e. The van der Waals surface area contributed by atoms with Crippen LogP contribution in [0.25, 0.3) is 0 Å². The minimum Gasteiger partial charge on any atom is -0.360 e. The molecule has 1 fully saturated rings. The molecule has 3 N–H and O–H groups in total. The van der Waals surface area contributed by atoms with Crippen molar-refractivity contribution in [1.82, 2.24) is 20.0 Å². The third-order valence-corrected chi connectivity index (χ3v) is 9.31. The molecule has 46 heavy (non-hydrogen) atoms. The Morgan fingerprint density at radius 3 is 2.43 bits per heavy atom. The number of nitrogens with zero attached hydrogens (tertiary/aromatic N) is 4. The molecule has 1 aliphatic heterocycles. The van der Waals surface area contributed by atoms with Gasteiger partial charge in [0, 0.05) is 48.2 Å². The molecule has 3 atom stereocenters. The number of hydrogen-bond donors (Lipinski definition) is 2. The van der Waals surface area contributed by atoms with E-state index in [1.807, 2.05) is 9.80 Å². The standard InChI is InChI=1S/C32H39Cl2F3N6O2S/c1-20(2)14-26-18-43(30(45)28(38)15-22-8-11-24(33)16-27(22)34)25(4-3-13-39-31-41-40-19-46-31)17-42(26)29(44)12-7-21-5-9-23(10-6-21)32(35,36)37/h5-6,8-11,16,19-20,25-26,28H,3-4,7,12-15,17-18,38H2,1-2H3,(H,39,41)/t25-,26+,28+/m0/s1. The number of nitrogens with two attached hydrogens (primary N) is 1. The average Bonchev–Trinajstić information content (AvgIpc) is 3.52. The summed E-state index contributed by atoms with van der Waals surface area (Å²) in [5.41, 5.74) is 8.79. The van der Waals surface area contributed by atoms with Crippen LogP contribution in [0.3, 0.4) is 0 Å². The van der Waals surface area contributed by atoms with Gasteiger partial charge in [-0.05, 0) is 73.4 Å². The zero-order chi connectivity index (χ0) is 33.4. The molecule has 2 amide bonds. The first kappa shape index (κ1) is 35.9. The number of aromatic nitrogens is 2. The van der Waals surface area contributed by atoms with Gasteiger partial charge in [0.25, 0.3) is 0 Å². The number of hydrogen-bond acceptors (Lipinski definition) is 7. The fourth-order valence-corrected chi connectivity index (χ4v) is 6.74. The van der Waals surface area contributed by atoms with Crippen molar-refractivity contribution in [3.63, 3.8) is 0 Å². The van der Waals surface area contributed by atoms with Crippen LogP contribution in [0.1, 0.15) is 56.2 Å². The number of halogens is 5. The van der Waals surface area contributed by atoms with Gasteiger partial charge in [0.2, 0.25) is 16.9 Å². The van der Waals surface area contributed by atoms with Crippen molar-refractivity contribution in [2.45, 2.75) is 76.7 Å². The van der Waals surface area contributed by atoms with E-state index in [0.717, 1.165) is 17.7 Å². The third kappa shape index (κ3) is 10.0. The first-order chi connectivity index (χ1) is 21.8. The Hall–Kier alpha value is -2.93. The molecule has 0 bridgehead atoms. The lowest BCUT2D eigenvalue weighted by atomic mass is 9.93. The Morgan fingerprint density at radius 2 is 1.80 bits per heavy atom. The molecule has 1 saturated heterocycles. The fourth-order valence-electron chi connectivity index (χ4n) is 5.78. The lowest BCUT2D eigenvalue weighted by Crippen LogP contribution is -2.63. The highest BCUT2D eigenvalue weighted by Gasteiger charge is 2.39. The number of alkyl halides is 3. The highest BCUT2D eigenvalue weighted by atomic mass is 35.5. The number of benzene rings is 2. The number of piperazine rings is 1. The van der Waals surface area contributed by atoms with Crippen LogP contribution in [-0.2, 0) is 28.6 Å². The number of amides is 2. The lowest BCUT2D eigenvalue weighted by molar-refractivity contribution is -0.148. The zero-order valence-electron chi connectivity index (χ0n) is 25.8. The topological polar surface area (TPSA) is 104 Å². The molecule has 8 nitrogen and oxygen atoms in total. The maximum absolute atomic E-state index is 13.9. The van der Waals surface area contributed by atoms with E-state index in [1.54, 1.807) is 23.7 Å². The Balaban J connectivity index is 1.49. The average molecular weight is 700 g/mol. The van der Waals surface area contributed by atoms with Gasteiger partial charge in [0.15, 0.2) is 0 Å². The van der Waals surface area contributed by atoms with Crippen LogP contribution in [0.15, 0.2) is 48.0 Å². The molecular weight excluding hydrogens is 660 g/mol. The van der Waals surface area contributed by atoms with Crippen LogP contribution in [-0.4, -0.2) is 69.6 Å². The van der Waals surface area contributed by atoms with Gasteiger partial charge in [-0.25, -0.2) is 0 Å². The molecular formula is C32H39Cl2F3N6O2S. The van der Waals surface area contributed by atoms with Gasteiger partial charge in [0.05, 0.1) is 11.6 Å². The molecule has 0 spiro atoms. The Morgan fingerprint density at radius 1 is 1.09 bits per heavy atom. The van der Waals surface area contributed by atoms with Crippen molar-refractivity contribution in [2.75, 3.05) is 25.0 Å². The molecule has 0 aliphatic carbocycles. The van der Waals surface area contributed by atoms with Crippen molar-refractivity contribution >= 4 is 51.5 Å². The van der Waals surface area contributed by atoms with Gasteiger partial charge in [0.1, 0.15) is 5.51 Å². The maximum Gasteiger partial charge on any atom is 0.416 e. The molecule has 0 unspecified atom stereocenters. The molecule has 0 saturated carbocycles. The smallest absolute Gasteiger partial charge is 0.360 e. The van der Waals surface area contributed by atoms with Crippen LogP contribution in [0, 0.1) is 5.92 Å². The first-order valence-electron chi connectivity index (χ1n) is 15.3. The molecule has 2 heterocycles. The third-order valence-electron chi connectivity index (χ3n) is 8.07. The number of anilines is 1. The van der Waals surface area contributed by atoms with E-state index in [2.05, 4.69) is 29.4 Å². The van der Waals surface area contributed by atoms with E-state index < -0.39 is 17.8 Å². The monoisotopic (exact) mass is 698 g/mol. The van der Waals surface area contributed by atoms with Crippen molar-refractivity contribution in [3.05, 3.63) is 74.7 Å². The van der Waals surface area contributed by atoms with Gasteiger partial charge in [-0.15, -0.1) is 10.2 Å². The van der Waals surface area contributed by atoms with E-state index in [9.17, 15) is 22.8 Å². The van der Waals surface area contributed by atoms with E-state index in [-0.39, 0.29) is 42.7 Å². The van der Waals surface area contributed by atoms with Gasteiger partial charge in [-0.1, -0.05) is 66.6 Å². The molecule has 1 aromatic heterocycles. The van der Waals surface area contributed by atoms with Gasteiger partial charge < -0.3 is 20.9 Å². The predicted octanol–water partition coefficient (Wildman–Crippen LogP) is 6.71. The van der Waals surface area contributed by atoms with Crippen molar-refractivity contribution in [2.24, 2.45) is 11.7 Å². The van der Waals surface area contributed by atoms with Gasteiger partial charge in [-0.2, -0.15) is 13.2 Å². The second-order valence-electron chi connectivity index (χ2n) is 12.0. The Kier molecular flexibility index (Phi) is 12.7. The van der Waals surface area contributed by atoms with Crippen LogP contribution >= 0.6 is 34.5 Å². The van der Waals surface area contributed by atoms with Crippen molar-refractivity contribution in [1.29, 1.82) is 0 Å². The van der Waals surface area contributed by atoms with Crippen LogP contribution in [0.4, 0.5) is 18.3 Å². The van der Waals surface area contributed by atoms with Gasteiger partial charge >= 0.3 is 6.18 Å². The lowest BCUT2D eigenvalue weighted by Gasteiger charge is -2.48. The summed E-state index contributed by atoms with van der Waals surface area (Å²) in [5, 5.41) is 12.7. The molecule has 0 radical (unpaired) electrons. The van der Waals surface area contributed by atoms with E-state index in [0.29, 0.717) is 66.1 Å². The second kappa shape index (κ2) is 16.3. The summed E-state index contributed by atoms with van der Waals surface area (Å²) in [6, 6.07) is 8.65. The van der Waals surface area contributed by atoms with Crippen LogP contribution in [0.2, 0.25) is 10.0 Å². The summed E-state index contributed by atoms with van der Waals surface area (Å²) in [6.07, 6.45) is -1.72.